The topological polar surface area (TPSA) is 66.8 Å². The van der Waals surface area contributed by atoms with Crippen LogP contribution in [-0.2, 0) is 0 Å². The minimum absolute atomic E-state index is 0.0472. The van der Waals surface area contributed by atoms with Crippen molar-refractivity contribution in [3.8, 4) is 16.9 Å². The molecule has 0 radical (unpaired) electrons. The number of carboxylic acid groups (broad SMARTS) is 1. The number of anilines is 1. The molecule has 26 heavy (non-hydrogen) atoms. The Bertz CT molecular complexity index is 955. The maximum atomic E-state index is 14.6. The van der Waals surface area contributed by atoms with Crippen LogP contribution in [0, 0.1) is 0 Å². The zero-order valence-corrected chi connectivity index (χ0v) is 14.5. The lowest BCUT2D eigenvalue weighted by Crippen LogP contribution is -2.23. The largest absolute Gasteiger partial charge is 0.496 e. The van der Waals surface area contributed by atoms with Crippen LogP contribution in [0.15, 0.2) is 59.3 Å². The van der Waals surface area contributed by atoms with E-state index >= 15 is 0 Å². The van der Waals surface area contributed by atoms with E-state index in [0.717, 1.165) is 22.5 Å². The number of thiophene rings is 1. The first-order chi connectivity index (χ1) is 12.5. The van der Waals surface area contributed by atoms with Crippen molar-refractivity contribution in [3.63, 3.8) is 0 Å². The van der Waals surface area contributed by atoms with E-state index in [1.807, 2.05) is 30.3 Å². The fraction of sp³-hybridized carbons (Fsp3) is 0.0526. The molecule has 0 saturated carbocycles. The summed E-state index contributed by atoms with van der Waals surface area (Å²) in [4.78, 5) is 23.5. The van der Waals surface area contributed by atoms with Gasteiger partial charge in [-0.25, -0.2) is 4.79 Å². The van der Waals surface area contributed by atoms with Crippen molar-refractivity contribution in [2.75, 3.05) is 12.2 Å². The first-order valence-electron chi connectivity index (χ1n) is 7.56. The molecule has 7 heteroatoms. The second-order valence-corrected chi connectivity index (χ2v) is 6.08. The van der Waals surface area contributed by atoms with Crippen molar-refractivity contribution in [1.82, 2.24) is 0 Å². The second kappa shape index (κ2) is 7.37. The molecule has 0 unspecified atom stereocenters. The highest BCUT2D eigenvalue weighted by Gasteiger charge is 2.25. The summed E-state index contributed by atoms with van der Waals surface area (Å²) in [6, 6.07) is 13.9. The Labute approximate surface area is 152 Å². The van der Waals surface area contributed by atoms with Crippen LogP contribution in [0.4, 0.5) is 10.2 Å². The summed E-state index contributed by atoms with van der Waals surface area (Å²) in [5.41, 5.74) is 1.17. The molecule has 0 aliphatic rings. The van der Waals surface area contributed by atoms with E-state index in [1.165, 1.54) is 30.0 Å². The molecule has 2 aromatic carbocycles. The molecule has 3 rings (SSSR count). The van der Waals surface area contributed by atoms with Gasteiger partial charge >= 0.3 is 5.97 Å². The van der Waals surface area contributed by atoms with Gasteiger partial charge in [-0.3, -0.25) is 4.79 Å². The SMILES string of the molecule is COc1cc(N(F)C(=O)c2cscc2C(=O)O)ccc1-c1ccccc1. The Morgan fingerprint density at radius 2 is 1.77 bits per heavy atom. The van der Waals surface area contributed by atoms with Gasteiger partial charge in [0.15, 0.2) is 0 Å². The molecule has 0 spiro atoms. The molecule has 1 aromatic heterocycles. The number of carbonyl (C=O) groups excluding carboxylic acids is 1. The number of halogens is 1. The molecule has 0 saturated heterocycles. The van der Waals surface area contributed by atoms with Crippen LogP contribution in [0.2, 0.25) is 0 Å². The predicted octanol–water partition coefficient (Wildman–Crippen LogP) is 4.65. The quantitative estimate of drug-likeness (QED) is 0.663. The zero-order valence-electron chi connectivity index (χ0n) is 13.7. The highest BCUT2D eigenvalue weighted by atomic mass is 32.1. The van der Waals surface area contributed by atoms with E-state index in [1.54, 1.807) is 6.07 Å². The van der Waals surface area contributed by atoms with E-state index < -0.39 is 11.9 Å². The van der Waals surface area contributed by atoms with Crippen LogP contribution in [0.5, 0.6) is 5.75 Å². The van der Waals surface area contributed by atoms with Crippen LogP contribution in [0.3, 0.4) is 0 Å². The molecule has 0 atom stereocenters. The first-order valence-corrected chi connectivity index (χ1v) is 8.50. The average Bonchev–Trinajstić information content (AvgIpc) is 3.17. The van der Waals surface area contributed by atoms with Crippen molar-refractivity contribution < 1.29 is 23.9 Å². The third kappa shape index (κ3) is 3.29. The van der Waals surface area contributed by atoms with Gasteiger partial charge in [0, 0.05) is 22.4 Å². The molecule has 1 amide bonds. The van der Waals surface area contributed by atoms with Crippen LogP contribution in [-0.4, -0.2) is 24.1 Å². The third-order valence-corrected chi connectivity index (χ3v) is 4.54. The third-order valence-electron chi connectivity index (χ3n) is 3.80. The Balaban J connectivity index is 1.95. The van der Waals surface area contributed by atoms with E-state index in [4.69, 9.17) is 9.84 Å². The monoisotopic (exact) mass is 371 g/mol. The molecule has 0 aliphatic carbocycles. The first kappa shape index (κ1) is 17.6. The minimum Gasteiger partial charge on any atom is -0.496 e. The fourth-order valence-electron chi connectivity index (χ4n) is 2.51. The molecular formula is C19H14FNO4S. The fourth-order valence-corrected chi connectivity index (χ4v) is 3.31. The summed E-state index contributed by atoms with van der Waals surface area (Å²) in [5.74, 6) is -1.92. The number of hydrogen-bond acceptors (Lipinski definition) is 4. The maximum Gasteiger partial charge on any atom is 0.337 e. The van der Waals surface area contributed by atoms with Gasteiger partial charge < -0.3 is 9.84 Å². The van der Waals surface area contributed by atoms with Crippen molar-refractivity contribution >= 4 is 28.9 Å². The van der Waals surface area contributed by atoms with E-state index in [0.29, 0.717) is 5.75 Å². The number of benzene rings is 2. The van der Waals surface area contributed by atoms with Gasteiger partial charge in [-0.05, 0) is 17.7 Å². The molecular weight excluding hydrogens is 357 g/mol. The summed E-state index contributed by atoms with van der Waals surface area (Å²) in [5, 5.41) is 11.6. The van der Waals surface area contributed by atoms with E-state index in [-0.39, 0.29) is 21.9 Å². The van der Waals surface area contributed by atoms with Crippen molar-refractivity contribution in [3.05, 3.63) is 70.4 Å². The molecule has 0 fully saturated rings. The normalized spacial score (nSPS) is 10.4. The average molecular weight is 371 g/mol. The lowest BCUT2D eigenvalue weighted by Gasteiger charge is -2.15. The van der Waals surface area contributed by atoms with Crippen LogP contribution >= 0.6 is 11.3 Å². The lowest BCUT2D eigenvalue weighted by atomic mass is 10.0. The number of ether oxygens (including phenoxy) is 1. The Morgan fingerprint density at radius 1 is 1.08 bits per heavy atom. The maximum absolute atomic E-state index is 14.6. The summed E-state index contributed by atoms with van der Waals surface area (Å²) in [6.45, 7) is 0. The minimum atomic E-state index is -1.28. The highest BCUT2D eigenvalue weighted by Crippen LogP contribution is 2.34. The molecule has 132 valence electrons. The number of aromatic carboxylic acids is 1. The Morgan fingerprint density at radius 3 is 2.42 bits per heavy atom. The number of carbonyl (C=O) groups is 2. The number of methoxy groups -OCH3 is 1. The summed E-state index contributed by atoms with van der Waals surface area (Å²) in [6.07, 6.45) is 0. The van der Waals surface area contributed by atoms with Crippen molar-refractivity contribution in [2.45, 2.75) is 0 Å². The van der Waals surface area contributed by atoms with Gasteiger partial charge in [0.2, 0.25) is 0 Å². The highest BCUT2D eigenvalue weighted by molar-refractivity contribution is 7.08. The zero-order chi connectivity index (χ0) is 18.7. The van der Waals surface area contributed by atoms with E-state index in [2.05, 4.69) is 0 Å². The molecule has 3 aromatic rings. The number of carboxylic acids is 1. The molecule has 1 heterocycles. The van der Waals surface area contributed by atoms with Gasteiger partial charge in [0.05, 0.1) is 23.9 Å². The van der Waals surface area contributed by atoms with Gasteiger partial charge in [0.25, 0.3) is 5.91 Å². The Kier molecular flexibility index (Phi) is 4.99. The van der Waals surface area contributed by atoms with Gasteiger partial charge in [-0.1, -0.05) is 34.8 Å². The summed E-state index contributed by atoms with van der Waals surface area (Å²) in [7, 11) is 1.46. The van der Waals surface area contributed by atoms with Crippen molar-refractivity contribution in [2.24, 2.45) is 0 Å². The molecule has 0 aliphatic heterocycles. The smallest absolute Gasteiger partial charge is 0.337 e. The summed E-state index contributed by atoms with van der Waals surface area (Å²) >= 11 is 1.02. The molecule has 1 N–H and O–H groups in total. The van der Waals surface area contributed by atoms with Gasteiger partial charge in [-0.15, -0.1) is 5.12 Å². The van der Waals surface area contributed by atoms with E-state index in [9.17, 15) is 14.1 Å². The van der Waals surface area contributed by atoms with Crippen LogP contribution in [0.1, 0.15) is 20.7 Å². The molecule has 5 nitrogen and oxygen atoms in total. The standard InChI is InChI=1S/C19H14FNO4S/c1-25-17-9-13(7-8-14(17)12-5-3-2-4-6-12)21(20)18(22)15-10-26-11-16(15)19(23)24/h2-11H,1H3,(H,23,24). The lowest BCUT2D eigenvalue weighted by molar-refractivity contribution is 0.0691. The van der Waals surface area contributed by atoms with Gasteiger partial charge in [0.1, 0.15) is 5.75 Å². The van der Waals surface area contributed by atoms with Crippen LogP contribution < -0.4 is 9.86 Å². The number of amides is 1. The number of rotatable bonds is 5. The second-order valence-electron chi connectivity index (χ2n) is 5.34. The number of hydrogen-bond donors (Lipinski definition) is 1. The summed E-state index contributed by atoms with van der Waals surface area (Å²) < 4.78 is 20.0. The predicted molar refractivity (Wildman–Crippen MR) is 97.6 cm³/mol. The Hall–Kier alpha value is -3.19. The van der Waals surface area contributed by atoms with Gasteiger partial charge in [-0.2, -0.15) is 11.3 Å². The van der Waals surface area contributed by atoms with Crippen LogP contribution in [0.25, 0.3) is 11.1 Å². The molecule has 0 bridgehead atoms. The number of nitrogens with zero attached hydrogens (tertiary/aromatic N) is 1. The van der Waals surface area contributed by atoms with Crippen molar-refractivity contribution in [1.29, 1.82) is 0 Å².